The number of esters is 1. The molecule has 0 saturated heterocycles. The molecule has 0 radical (unpaired) electrons. The van der Waals surface area contributed by atoms with Gasteiger partial charge in [-0.05, 0) is 6.92 Å². The van der Waals surface area contributed by atoms with Crippen molar-refractivity contribution in [3.63, 3.8) is 0 Å². The van der Waals surface area contributed by atoms with Crippen LogP contribution in [0.3, 0.4) is 0 Å². The van der Waals surface area contributed by atoms with Crippen LogP contribution in [0.25, 0.3) is 0 Å². The van der Waals surface area contributed by atoms with E-state index < -0.39 is 29.5 Å². The molecule has 0 bridgehead atoms. The van der Waals surface area contributed by atoms with Crippen molar-refractivity contribution in [2.75, 3.05) is 6.61 Å². The zero-order chi connectivity index (χ0) is 15.3. The molecule has 1 rings (SSSR count). The Balaban J connectivity index is 2.90. The second-order valence-corrected chi connectivity index (χ2v) is 4.21. The zero-order valence-corrected chi connectivity index (χ0v) is 11.3. The van der Waals surface area contributed by atoms with Crippen LogP contribution < -0.4 is 0 Å². The molecule has 20 heavy (non-hydrogen) atoms. The van der Waals surface area contributed by atoms with Gasteiger partial charge in [0.15, 0.2) is 0 Å². The Bertz CT molecular complexity index is 510. The molecular weight excluding hydrogens is 292 g/mol. The average Bonchev–Trinajstić information content (AvgIpc) is 2.38. The van der Waals surface area contributed by atoms with E-state index in [0.717, 1.165) is 12.3 Å². The number of carbonyl (C=O) groups is 1. The summed E-state index contributed by atoms with van der Waals surface area (Å²) in [6, 6.07) is 0.994. The molecule has 2 atom stereocenters. The first-order chi connectivity index (χ1) is 9.36. The van der Waals surface area contributed by atoms with E-state index in [-0.39, 0.29) is 23.0 Å². The van der Waals surface area contributed by atoms with E-state index >= 15 is 0 Å². The van der Waals surface area contributed by atoms with Crippen molar-refractivity contribution in [3.05, 3.63) is 33.1 Å². The summed E-state index contributed by atoms with van der Waals surface area (Å²) in [7, 11) is 0. The molecule has 2 unspecified atom stereocenters. The van der Waals surface area contributed by atoms with E-state index in [1.807, 2.05) is 0 Å². The molecule has 2 N–H and O–H groups in total. The summed E-state index contributed by atoms with van der Waals surface area (Å²) < 4.78 is 4.62. The van der Waals surface area contributed by atoms with E-state index in [0.29, 0.717) is 0 Å². The summed E-state index contributed by atoms with van der Waals surface area (Å²) in [6.45, 7) is 1.74. The van der Waals surface area contributed by atoms with Crippen molar-refractivity contribution in [1.29, 1.82) is 0 Å². The number of hydrogen-bond acceptors (Lipinski definition) is 7. The van der Waals surface area contributed by atoms with E-state index in [1.54, 1.807) is 6.92 Å². The van der Waals surface area contributed by atoms with Gasteiger partial charge in [-0.1, -0.05) is 11.6 Å². The highest BCUT2D eigenvalue weighted by atomic mass is 35.5. The van der Waals surface area contributed by atoms with Crippen LogP contribution in [0.5, 0.6) is 0 Å². The van der Waals surface area contributed by atoms with Crippen LogP contribution in [0.4, 0.5) is 5.69 Å². The van der Waals surface area contributed by atoms with Crippen LogP contribution >= 0.6 is 11.6 Å². The average molecular weight is 305 g/mol. The summed E-state index contributed by atoms with van der Waals surface area (Å²) in [4.78, 5) is 24.7. The normalized spacial score (nSPS) is 13.6. The number of nitro groups is 1. The number of halogens is 1. The number of aliphatic hydroxyl groups excluding tert-OH is 2. The summed E-state index contributed by atoms with van der Waals surface area (Å²) in [6.07, 6.45) is -2.63. The first-order valence-corrected chi connectivity index (χ1v) is 6.06. The standard InChI is InChI=1S/C11H13ClN2O6/c1-2-20-9(16)4-8(15)10(17)7-3-6(14(18)19)5-13-11(7)12/h3,5,8,10,15,17H,2,4H2,1H3. The number of rotatable bonds is 6. The van der Waals surface area contributed by atoms with Crippen LogP contribution in [-0.4, -0.2) is 38.8 Å². The molecule has 0 aliphatic rings. The summed E-state index contributed by atoms with van der Waals surface area (Å²) >= 11 is 5.72. The second kappa shape index (κ2) is 7.13. The highest BCUT2D eigenvalue weighted by molar-refractivity contribution is 6.30. The predicted molar refractivity (Wildman–Crippen MR) is 68.1 cm³/mol. The van der Waals surface area contributed by atoms with Gasteiger partial charge in [-0.3, -0.25) is 14.9 Å². The predicted octanol–water partition coefficient (Wildman–Crippen LogP) is 0.991. The minimum atomic E-state index is -1.58. The number of aromatic nitrogens is 1. The fourth-order valence-corrected chi connectivity index (χ4v) is 1.69. The summed E-state index contributed by atoms with van der Waals surface area (Å²) in [5.74, 6) is -0.700. The molecule has 110 valence electrons. The molecular formula is C11H13ClN2O6. The van der Waals surface area contributed by atoms with Gasteiger partial charge in [0.25, 0.3) is 5.69 Å². The largest absolute Gasteiger partial charge is 0.466 e. The summed E-state index contributed by atoms with van der Waals surface area (Å²) in [5, 5.41) is 30.0. The molecule has 0 aromatic carbocycles. The topological polar surface area (TPSA) is 123 Å². The fraction of sp³-hybridized carbons (Fsp3) is 0.455. The van der Waals surface area contributed by atoms with Gasteiger partial charge >= 0.3 is 5.97 Å². The highest BCUT2D eigenvalue weighted by Crippen LogP contribution is 2.28. The van der Waals surface area contributed by atoms with Gasteiger partial charge in [0.05, 0.1) is 24.1 Å². The monoisotopic (exact) mass is 304 g/mol. The fourth-order valence-electron chi connectivity index (χ4n) is 1.47. The molecule has 0 amide bonds. The SMILES string of the molecule is CCOC(=O)CC(O)C(O)c1cc([N+](=O)[O-])cnc1Cl. The first-order valence-electron chi connectivity index (χ1n) is 5.68. The third kappa shape index (κ3) is 4.12. The van der Waals surface area contributed by atoms with Gasteiger partial charge in [-0.2, -0.15) is 0 Å². The van der Waals surface area contributed by atoms with Crippen LogP contribution in [0, 0.1) is 10.1 Å². The van der Waals surface area contributed by atoms with Crippen molar-refractivity contribution in [2.24, 2.45) is 0 Å². The van der Waals surface area contributed by atoms with Crippen LogP contribution in [0.15, 0.2) is 12.3 Å². The molecule has 9 heteroatoms. The van der Waals surface area contributed by atoms with Crippen molar-refractivity contribution in [2.45, 2.75) is 25.6 Å². The maximum atomic E-state index is 11.2. The van der Waals surface area contributed by atoms with Gasteiger partial charge in [0.2, 0.25) is 0 Å². The van der Waals surface area contributed by atoms with Crippen molar-refractivity contribution in [1.82, 2.24) is 4.98 Å². The van der Waals surface area contributed by atoms with Gasteiger partial charge < -0.3 is 14.9 Å². The lowest BCUT2D eigenvalue weighted by Crippen LogP contribution is -2.23. The third-order valence-corrected chi connectivity index (χ3v) is 2.74. The summed E-state index contributed by atoms with van der Waals surface area (Å²) in [5.41, 5.74) is -0.510. The Morgan fingerprint density at radius 2 is 2.25 bits per heavy atom. The smallest absolute Gasteiger partial charge is 0.308 e. The molecule has 0 fully saturated rings. The van der Waals surface area contributed by atoms with E-state index in [9.17, 15) is 25.1 Å². The Morgan fingerprint density at radius 3 is 2.80 bits per heavy atom. The number of carbonyl (C=O) groups excluding carboxylic acids is 1. The molecule has 0 aliphatic carbocycles. The van der Waals surface area contributed by atoms with Crippen LogP contribution in [0.2, 0.25) is 5.15 Å². The lowest BCUT2D eigenvalue weighted by Gasteiger charge is -2.17. The number of ether oxygens (including phenoxy) is 1. The highest BCUT2D eigenvalue weighted by Gasteiger charge is 2.26. The minimum Gasteiger partial charge on any atom is -0.466 e. The van der Waals surface area contributed by atoms with Crippen LogP contribution in [-0.2, 0) is 9.53 Å². The number of pyridine rings is 1. The second-order valence-electron chi connectivity index (χ2n) is 3.85. The number of aliphatic hydroxyl groups is 2. The molecule has 1 heterocycles. The lowest BCUT2D eigenvalue weighted by atomic mass is 10.0. The Morgan fingerprint density at radius 1 is 1.60 bits per heavy atom. The van der Waals surface area contributed by atoms with Crippen molar-refractivity contribution < 1.29 is 24.7 Å². The Hall–Kier alpha value is -1.77. The van der Waals surface area contributed by atoms with Gasteiger partial charge in [-0.25, -0.2) is 4.98 Å². The quantitative estimate of drug-likeness (QED) is 0.347. The van der Waals surface area contributed by atoms with Crippen molar-refractivity contribution in [3.8, 4) is 0 Å². The molecule has 1 aromatic heterocycles. The van der Waals surface area contributed by atoms with E-state index in [2.05, 4.69) is 9.72 Å². The lowest BCUT2D eigenvalue weighted by molar-refractivity contribution is -0.385. The zero-order valence-electron chi connectivity index (χ0n) is 10.5. The number of nitrogens with zero attached hydrogens (tertiary/aromatic N) is 2. The first kappa shape index (κ1) is 16.3. The molecule has 8 nitrogen and oxygen atoms in total. The van der Waals surface area contributed by atoms with Gasteiger partial charge in [-0.15, -0.1) is 0 Å². The minimum absolute atomic E-state index is 0.127. The van der Waals surface area contributed by atoms with Gasteiger partial charge in [0.1, 0.15) is 17.5 Å². The van der Waals surface area contributed by atoms with E-state index in [4.69, 9.17) is 11.6 Å². The maximum Gasteiger partial charge on any atom is 0.308 e. The third-order valence-electron chi connectivity index (χ3n) is 2.43. The molecule has 0 saturated carbocycles. The Kier molecular flexibility index (Phi) is 5.81. The maximum absolute atomic E-state index is 11.2. The molecule has 1 aromatic rings. The molecule has 0 aliphatic heterocycles. The van der Waals surface area contributed by atoms with Crippen molar-refractivity contribution >= 4 is 23.3 Å². The molecule has 0 spiro atoms. The van der Waals surface area contributed by atoms with E-state index in [1.165, 1.54) is 0 Å². The van der Waals surface area contributed by atoms with Gasteiger partial charge in [0, 0.05) is 11.6 Å². The van der Waals surface area contributed by atoms with Crippen LogP contribution in [0.1, 0.15) is 25.0 Å². The Labute approximate surface area is 119 Å². The number of hydrogen-bond donors (Lipinski definition) is 2.